The van der Waals surface area contributed by atoms with Gasteiger partial charge in [0.2, 0.25) is 0 Å². The fourth-order valence-corrected chi connectivity index (χ4v) is 3.51. The van der Waals surface area contributed by atoms with Crippen LogP contribution in [0.5, 0.6) is 0 Å². The van der Waals surface area contributed by atoms with E-state index < -0.39 is 0 Å². The topological polar surface area (TPSA) is 32.5 Å². The number of hydrogen-bond donors (Lipinski definition) is 1. The maximum absolute atomic E-state index is 6.42. The maximum Gasteiger partial charge on any atom is 0.0333 e. The molecular formula is C18H31N3. The summed E-state index contributed by atoms with van der Waals surface area (Å²) in [4.78, 5) is 4.88. The van der Waals surface area contributed by atoms with Crippen LogP contribution < -0.4 is 5.73 Å². The van der Waals surface area contributed by atoms with Crippen LogP contribution >= 0.6 is 0 Å². The standard InChI is InChI=1S/C18H31N3/c1-15(17(19)16-9-6-5-7-10-16)13-21(4)14-18(20(2)3)11-8-12-18/h5-7,9-10,15,17H,8,11-14,19H2,1-4H3. The Kier molecular flexibility index (Phi) is 5.42. The van der Waals surface area contributed by atoms with Crippen molar-refractivity contribution in [2.75, 3.05) is 34.2 Å². The first-order valence-electron chi connectivity index (χ1n) is 8.11. The van der Waals surface area contributed by atoms with Crippen molar-refractivity contribution in [3.8, 4) is 0 Å². The maximum atomic E-state index is 6.42. The Morgan fingerprint density at radius 3 is 2.24 bits per heavy atom. The first-order chi connectivity index (χ1) is 9.94. The molecular weight excluding hydrogens is 258 g/mol. The van der Waals surface area contributed by atoms with Crippen molar-refractivity contribution >= 4 is 0 Å². The summed E-state index contributed by atoms with van der Waals surface area (Å²) < 4.78 is 0. The van der Waals surface area contributed by atoms with Crippen molar-refractivity contribution in [3.63, 3.8) is 0 Å². The molecule has 2 atom stereocenters. The Morgan fingerprint density at radius 1 is 1.14 bits per heavy atom. The quantitative estimate of drug-likeness (QED) is 0.838. The van der Waals surface area contributed by atoms with E-state index in [1.165, 1.54) is 24.8 Å². The van der Waals surface area contributed by atoms with Gasteiger partial charge >= 0.3 is 0 Å². The smallest absolute Gasteiger partial charge is 0.0333 e. The second-order valence-corrected chi connectivity index (χ2v) is 7.08. The minimum Gasteiger partial charge on any atom is -0.324 e. The number of benzene rings is 1. The first kappa shape index (κ1) is 16.5. The number of nitrogens with two attached hydrogens (primary N) is 1. The molecule has 0 aliphatic heterocycles. The van der Waals surface area contributed by atoms with E-state index in [9.17, 15) is 0 Å². The van der Waals surface area contributed by atoms with E-state index in [-0.39, 0.29) is 6.04 Å². The Morgan fingerprint density at radius 2 is 1.76 bits per heavy atom. The van der Waals surface area contributed by atoms with E-state index in [1.807, 2.05) is 6.07 Å². The molecule has 0 bridgehead atoms. The average Bonchev–Trinajstić information content (AvgIpc) is 2.42. The normalized spacial score (nSPS) is 20.3. The molecule has 0 amide bonds. The lowest BCUT2D eigenvalue weighted by Crippen LogP contribution is -2.57. The fourth-order valence-electron chi connectivity index (χ4n) is 3.51. The average molecular weight is 289 g/mol. The second kappa shape index (κ2) is 6.91. The monoisotopic (exact) mass is 289 g/mol. The molecule has 2 rings (SSSR count). The molecule has 0 saturated heterocycles. The predicted molar refractivity (Wildman–Crippen MR) is 90.3 cm³/mol. The molecule has 3 nitrogen and oxygen atoms in total. The summed E-state index contributed by atoms with van der Waals surface area (Å²) in [7, 11) is 6.66. The van der Waals surface area contributed by atoms with Gasteiger partial charge in [0.05, 0.1) is 0 Å². The molecule has 118 valence electrons. The number of rotatable bonds is 7. The van der Waals surface area contributed by atoms with Gasteiger partial charge in [-0.15, -0.1) is 0 Å². The van der Waals surface area contributed by atoms with E-state index in [4.69, 9.17) is 5.73 Å². The van der Waals surface area contributed by atoms with Crippen LogP contribution in [0.15, 0.2) is 30.3 Å². The highest BCUT2D eigenvalue weighted by Gasteiger charge is 2.39. The molecule has 0 aromatic heterocycles. The molecule has 2 N–H and O–H groups in total. The third kappa shape index (κ3) is 3.85. The lowest BCUT2D eigenvalue weighted by Gasteiger charge is -2.49. The van der Waals surface area contributed by atoms with Gasteiger partial charge in [0.15, 0.2) is 0 Å². The largest absolute Gasteiger partial charge is 0.324 e. The molecule has 0 spiro atoms. The van der Waals surface area contributed by atoms with Crippen LogP contribution in [0.2, 0.25) is 0 Å². The van der Waals surface area contributed by atoms with Gasteiger partial charge in [0.25, 0.3) is 0 Å². The van der Waals surface area contributed by atoms with Gasteiger partial charge in [-0.1, -0.05) is 37.3 Å². The van der Waals surface area contributed by atoms with Crippen molar-refractivity contribution in [2.45, 2.75) is 37.8 Å². The molecule has 1 aromatic rings. The predicted octanol–water partition coefficient (Wildman–Crippen LogP) is 2.74. The summed E-state index contributed by atoms with van der Waals surface area (Å²) in [5.41, 5.74) is 8.05. The highest BCUT2D eigenvalue weighted by Crippen LogP contribution is 2.36. The molecule has 1 fully saturated rings. The van der Waals surface area contributed by atoms with E-state index >= 15 is 0 Å². The van der Waals surface area contributed by atoms with Crippen LogP contribution in [0.25, 0.3) is 0 Å². The highest BCUT2D eigenvalue weighted by molar-refractivity contribution is 5.19. The van der Waals surface area contributed by atoms with Gasteiger partial charge in [-0.05, 0) is 51.9 Å². The fraction of sp³-hybridized carbons (Fsp3) is 0.667. The van der Waals surface area contributed by atoms with E-state index in [2.05, 4.69) is 62.1 Å². The van der Waals surface area contributed by atoms with Crippen molar-refractivity contribution in [2.24, 2.45) is 11.7 Å². The molecule has 1 aliphatic carbocycles. The van der Waals surface area contributed by atoms with Crippen LogP contribution in [0.3, 0.4) is 0 Å². The minimum absolute atomic E-state index is 0.116. The SMILES string of the molecule is CC(CN(C)CC1(N(C)C)CCC1)C(N)c1ccccc1. The van der Waals surface area contributed by atoms with Crippen LogP contribution in [-0.4, -0.2) is 49.6 Å². The summed E-state index contributed by atoms with van der Waals surface area (Å²) in [5, 5.41) is 0. The zero-order chi connectivity index (χ0) is 15.5. The lowest BCUT2D eigenvalue weighted by atomic mass is 9.75. The first-order valence-corrected chi connectivity index (χ1v) is 8.11. The van der Waals surface area contributed by atoms with Crippen LogP contribution in [-0.2, 0) is 0 Å². The number of likely N-dealkylation sites (N-methyl/N-ethyl adjacent to an activating group) is 2. The van der Waals surface area contributed by atoms with E-state index in [1.54, 1.807) is 0 Å². The summed E-state index contributed by atoms with van der Waals surface area (Å²) >= 11 is 0. The molecule has 3 heteroatoms. The summed E-state index contributed by atoms with van der Waals surface area (Å²) in [6.45, 7) is 4.45. The zero-order valence-corrected chi connectivity index (χ0v) is 14.0. The van der Waals surface area contributed by atoms with Gasteiger partial charge in [-0.25, -0.2) is 0 Å². The Bertz CT molecular complexity index is 425. The summed E-state index contributed by atoms with van der Waals surface area (Å²) in [6.07, 6.45) is 4.01. The third-order valence-electron chi connectivity index (χ3n) is 5.19. The van der Waals surface area contributed by atoms with Crippen molar-refractivity contribution < 1.29 is 0 Å². The van der Waals surface area contributed by atoms with Gasteiger partial charge in [0, 0.05) is 24.7 Å². The van der Waals surface area contributed by atoms with Crippen molar-refractivity contribution in [3.05, 3.63) is 35.9 Å². The summed E-state index contributed by atoms with van der Waals surface area (Å²) in [6, 6.07) is 10.6. The lowest BCUT2D eigenvalue weighted by molar-refractivity contribution is 0.0237. The molecule has 2 unspecified atom stereocenters. The summed E-state index contributed by atoms with van der Waals surface area (Å²) in [5.74, 6) is 0.455. The van der Waals surface area contributed by atoms with Gasteiger partial charge < -0.3 is 15.5 Å². The van der Waals surface area contributed by atoms with Crippen LogP contribution in [0.1, 0.15) is 37.8 Å². The van der Waals surface area contributed by atoms with Gasteiger partial charge in [0.1, 0.15) is 0 Å². The van der Waals surface area contributed by atoms with Crippen molar-refractivity contribution in [1.29, 1.82) is 0 Å². The molecule has 1 aromatic carbocycles. The van der Waals surface area contributed by atoms with Crippen molar-refractivity contribution in [1.82, 2.24) is 9.80 Å². The molecule has 0 radical (unpaired) electrons. The number of hydrogen-bond acceptors (Lipinski definition) is 3. The zero-order valence-electron chi connectivity index (χ0n) is 14.0. The Hall–Kier alpha value is -0.900. The van der Waals surface area contributed by atoms with E-state index in [0.29, 0.717) is 11.5 Å². The van der Waals surface area contributed by atoms with Crippen LogP contribution in [0, 0.1) is 5.92 Å². The molecule has 0 heterocycles. The van der Waals surface area contributed by atoms with Crippen LogP contribution in [0.4, 0.5) is 0 Å². The molecule has 21 heavy (non-hydrogen) atoms. The Balaban J connectivity index is 1.88. The molecule has 1 saturated carbocycles. The second-order valence-electron chi connectivity index (χ2n) is 7.08. The third-order valence-corrected chi connectivity index (χ3v) is 5.19. The highest BCUT2D eigenvalue weighted by atomic mass is 15.2. The minimum atomic E-state index is 0.116. The van der Waals surface area contributed by atoms with Gasteiger partial charge in [-0.3, -0.25) is 0 Å². The molecule has 1 aliphatic rings. The number of nitrogens with zero attached hydrogens (tertiary/aromatic N) is 2. The Labute approximate surface area is 130 Å². The van der Waals surface area contributed by atoms with Gasteiger partial charge in [-0.2, -0.15) is 0 Å². The van der Waals surface area contributed by atoms with E-state index in [0.717, 1.165) is 13.1 Å².